The van der Waals surface area contributed by atoms with E-state index in [2.05, 4.69) is 30.3 Å². The highest BCUT2D eigenvalue weighted by Crippen LogP contribution is 2.40. The van der Waals surface area contributed by atoms with Crippen molar-refractivity contribution in [3.8, 4) is 0 Å². The van der Waals surface area contributed by atoms with Gasteiger partial charge in [0.15, 0.2) is 0 Å². The standard InChI is InChI=1S/C19H14N2OS/c20-9-10-1-3-12-14-8-19-15(7-17(14)22-16(12)5-10)13-4-2-11(21)6-18(13)23-19/h1-8H,9,20-21H2. The van der Waals surface area contributed by atoms with Crippen molar-refractivity contribution in [1.29, 1.82) is 0 Å². The Kier molecular flexibility index (Phi) is 2.52. The molecule has 5 aromatic rings. The average Bonchev–Trinajstić information content (AvgIpc) is 3.08. The minimum absolute atomic E-state index is 0.522. The number of hydrogen-bond donors (Lipinski definition) is 2. The van der Waals surface area contributed by atoms with Crippen LogP contribution in [0.2, 0.25) is 0 Å². The van der Waals surface area contributed by atoms with E-state index in [0.717, 1.165) is 33.2 Å². The fraction of sp³-hybridized carbons (Fsp3) is 0.0526. The van der Waals surface area contributed by atoms with Gasteiger partial charge in [-0.15, -0.1) is 11.3 Å². The molecule has 0 aliphatic carbocycles. The molecule has 0 saturated heterocycles. The normalized spacial score (nSPS) is 12.0. The molecule has 3 nitrogen and oxygen atoms in total. The fourth-order valence-corrected chi connectivity index (χ4v) is 4.41. The average molecular weight is 318 g/mol. The van der Waals surface area contributed by atoms with Gasteiger partial charge in [-0.3, -0.25) is 0 Å². The molecule has 0 radical (unpaired) electrons. The summed E-state index contributed by atoms with van der Waals surface area (Å²) in [5, 5.41) is 4.73. The van der Waals surface area contributed by atoms with Crippen molar-refractivity contribution in [3.63, 3.8) is 0 Å². The van der Waals surface area contributed by atoms with E-state index in [9.17, 15) is 0 Å². The molecule has 0 spiro atoms. The largest absolute Gasteiger partial charge is 0.456 e. The van der Waals surface area contributed by atoms with Crippen molar-refractivity contribution in [2.24, 2.45) is 5.73 Å². The van der Waals surface area contributed by atoms with Gasteiger partial charge >= 0.3 is 0 Å². The van der Waals surface area contributed by atoms with E-state index in [-0.39, 0.29) is 0 Å². The van der Waals surface area contributed by atoms with Gasteiger partial charge in [0.1, 0.15) is 11.2 Å². The summed E-state index contributed by atoms with van der Waals surface area (Å²) in [6.07, 6.45) is 0. The van der Waals surface area contributed by atoms with E-state index in [4.69, 9.17) is 15.9 Å². The number of anilines is 1. The van der Waals surface area contributed by atoms with E-state index in [0.29, 0.717) is 6.54 Å². The molecule has 2 aromatic heterocycles. The predicted molar refractivity (Wildman–Crippen MR) is 98.9 cm³/mol. The lowest BCUT2D eigenvalue weighted by Gasteiger charge is -1.95. The zero-order chi connectivity index (χ0) is 15.6. The van der Waals surface area contributed by atoms with Gasteiger partial charge in [-0.05, 0) is 35.9 Å². The second-order valence-corrected chi connectivity index (χ2v) is 6.92. The van der Waals surface area contributed by atoms with Crippen molar-refractivity contribution in [2.45, 2.75) is 6.54 Å². The second kappa shape index (κ2) is 4.47. The van der Waals surface area contributed by atoms with Gasteiger partial charge in [0, 0.05) is 43.2 Å². The third-order valence-corrected chi connectivity index (χ3v) is 5.50. The summed E-state index contributed by atoms with van der Waals surface area (Å²) in [5.41, 5.74) is 15.3. The summed E-state index contributed by atoms with van der Waals surface area (Å²) < 4.78 is 8.53. The number of rotatable bonds is 1. The number of fused-ring (bicyclic) bond motifs is 6. The van der Waals surface area contributed by atoms with Gasteiger partial charge in [-0.1, -0.05) is 18.2 Å². The van der Waals surface area contributed by atoms with Crippen LogP contribution in [-0.2, 0) is 6.54 Å². The molecule has 0 saturated carbocycles. The summed E-state index contributed by atoms with van der Waals surface area (Å²) >= 11 is 1.77. The quantitative estimate of drug-likeness (QED) is 0.428. The Labute approximate surface area is 136 Å². The fourth-order valence-electron chi connectivity index (χ4n) is 3.23. The van der Waals surface area contributed by atoms with Crippen LogP contribution in [0.3, 0.4) is 0 Å². The van der Waals surface area contributed by atoms with E-state index < -0.39 is 0 Å². The highest BCUT2D eigenvalue weighted by molar-refractivity contribution is 7.25. The van der Waals surface area contributed by atoms with Gasteiger partial charge < -0.3 is 15.9 Å². The molecule has 4 heteroatoms. The van der Waals surface area contributed by atoms with E-state index in [1.807, 2.05) is 18.2 Å². The Balaban J connectivity index is 1.91. The van der Waals surface area contributed by atoms with Gasteiger partial charge in [-0.2, -0.15) is 0 Å². The molecule has 0 aliphatic rings. The van der Waals surface area contributed by atoms with Crippen LogP contribution in [0.5, 0.6) is 0 Å². The molecular formula is C19H14N2OS. The molecule has 0 fully saturated rings. The first-order chi connectivity index (χ1) is 11.2. The minimum Gasteiger partial charge on any atom is -0.456 e. The van der Waals surface area contributed by atoms with E-state index in [1.54, 1.807) is 11.3 Å². The number of nitrogens with two attached hydrogens (primary N) is 2. The molecule has 0 bridgehead atoms. The monoisotopic (exact) mass is 318 g/mol. The Morgan fingerprint density at radius 1 is 0.783 bits per heavy atom. The Morgan fingerprint density at radius 3 is 2.43 bits per heavy atom. The molecular weight excluding hydrogens is 304 g/mol. The molecule has 0 amide bonds. The summed E-state index contributed by atoms with van der Waals surface area (Å²) in [5.74, 6) is 0. The lowest BCUT2D eigenvalue weighted by molar-refractivity contribution is 0.668. The molecule has 4 N–H and O–H groups in total. The molecule has 3 aromatic carbocycles. The molecule has 2 heterocycles. The van der Waals surface area contributed by atoms with Gasteiger partial charge in [0.25, 0.3) is 0 Å². The lowest BCUT2D eigenvalue weighted by atomic mass is 10.1. The minimum atomic E-state index is 0.522. The van der Waals surface area contributed by atoms with Crippen LogP contribution >= 0.6 is 11.3 Å². The summed E-state index contributed by atoms with van der Waals surface area (Å²) in [4.78, 5) is 0. The van der Waals surface area contributed by atoms with Crippen LogP contribution in [0.1, 0.15) is 5.56 Å². The Hall–Kier alpha value is -2.56. The van der Waals surface area contributed by atoms with Crippen LogP contribution in [0.4, 0.5) is 5.69 Å². The molecule has 5 rings (SSSR count). The van der Waals surface area contributed by atoms with Crippen LogP contribution in [0.15, 0.2) is 52.9 Å². The van der Waals surface area contributed by atoms with Crippen LogP contribution < -0.4 is 11.5 Å². The lowest BCUT2D eigenvalue weighted by Crippen LogP contribution is -1.94. The predicted octanol–water partition coefficient (Wildman–Crippen LogP) is 4.99. The van der Waals surface area contributed by atoms with Crippen molar-refractivity contribution in [2.75, 3.05) is 5.73 Å². The maximum Gasteiger partial charge on any atom is 0.136 e. The molecule has 0 aliphatic heterocycles. The first-order valence-corrected chi connectivity index (χ1v) is 8.31. The molecule has 0 atom stereocenters. The number of furan rings is 1. The number of thiophene rings is 1. The Bertz CT molecular complexity index is 1220. The molecule has 23 heavy (non-hydrogen) atoms. The maximum atomic E-state index is 6.07. The topological polar surface area (TPSA) is 65.2 Å². The third-order valence-electron chi connectivity index (χ3n) is 4.39. The summed E-state index contributed by atoms with van der Waals surface area (Å²) in [6, 6.07) is 16.6. The third kappa shape index (κ3) is 1.79. The SMILES string of the molecule is NCc1ccc2c(c1)oc1cc3c(cc12)sc1cc(N)ccc13. The maximum absolute atomic E-state index is 6.07. The van der Waals surface area contributed by atoms with Crippen molar-refractivity contribution in [3.05, 3.63) is 54.1 Å². The molecule has 0 unspecified atom stereocenters. The van der Waals surface area contributed by atoms with Crippen molar-refractivity contribution < 1.29 is 4.42 Å². The van der Waals surface area contributed by atoms with Crippen LogP contribution in [-0.4, -0.2) is 0 Å². The van der Waals surface area contributed by atoms with E-state index >= 15 is 0 Å². The molecule has 112 valence electrons. The first-order valence-electron chi connectivity index (χ1n) is 7.50. The van der Waals surface area contributed by atoms with Gasteiger partial charge in [0.05, 0.1) is 0 Å². The zero-order valence-electron chi connectivity index (χ0n) is 12.3. The zero-order valence-corrected chi connectivity index (χ0v) is 13.1. The number of benzene rings is 3. The van der Waals surface area contributed by atoms with Crippen LogP contribution in [0.25, 0.3) is 42.1 Å². The summed E-state index contributed by atoms with van der Waals surface area (Å²) in [6.45, 7) is 0.522. The van der Waals surface area contributed by atoms with Gasteiger partial charge in [0.2, 0.25) is 0 Å². The smallest absolute Gasteiger partial charge is 0.136 e. The van der Waals surface area contributed by atoms with Crippen LogP contribution in [0, 0.1) is 0 Å². The second-order valence-electron chi connectivity index (χ2n) is 5.84. The first kappa shape index (κ1) is 12.9. The van der Waals surface area contributed by atoms with Gasteiger partial charge in [-0.25, -0.2) is 0 Å². The number of hydrogen-bond acceptors (Lipinski definition) is 4. The van der Waals surface area contributed by atoms with E-state index in [1.165, 1.54) is 20.2 Å². The Morgan fingerprint density at radius 2 is 1.57 bits per heavy atom. The highest BCUT2D eigenvalue weighted by Gasteiger charge is 2.12. The highest BCUT2D eigenvalue weighted by atomic mass is 32.1. The number of nitrogen functional groups attached to an aromatic ring is 1. The van der Waals surface area contributed by atoms with Crippen molar-refractivity contribution >= 4 is 59.1 Å². The van der Waals surface area contributed by atoms with Crippen molar-refractivity contribution in [1.82, 2.24) is 0 Å². The summed E-state index contributed by atoms with van der Waals surface area (Å²) in [7, 11) is 0.